The SMILES string of the molecule is COc1c(CN2CCNCc3ccccc32)c(C)nn1C. The molecule has 21 heavy (non-hydrogen) atoms. The molecule has 0 radical (unpaired) electrons. The van der Waals surface area contributed by atoms with E-state index >= 15 is 0 Å². The predicted octanol–water partition coefficient (Wildman–Crippen LogP) is 1.85. The summed E-state index contributed by atoms with van der Waals surface area (Å²) in [4.78, 5) is 2.40. The van der Waals surface area contributed by atoms with E-state index in [4.69, 9.17) is 4.74 Å². The maximum atomic E-state index is 5.52. The van der Waals surface area contributed by atoms with Gasteiger partial charge in [-0.15, -0.1) is 0 Å². The highest BCUT2D eigenvalue weighted by Crippen LogP contribution is 2.28. The number of fused-ring (bicyclic) bond motifs is 1. The second kappa shape index (κ2) is 5.77. The number of hydrogen-bond donors (Lipinski definition) is 1. The van der Waals surface area contributed by atoms with E-state index in [0.717, 1.165) is 43.3 Å². The third-order valence-corrected chi connectivity index (χ3v) is 4.04. The molecule has 3 rings (SSSR count). The van der Waals surface area contributed by atoms with Gasteiger partial charge in [-0.05, 0) is 18.6 Å². The van der Waals surface area contributed by atoms with Gasteiger partial charge in [0.25, 0.3) is 0 Å². The molecule has 0 saturated carbocycles. The van der Waals surface area contributed by atoms with Gasteiger partial charge in [-0.1, -0.05) is 18.2 Å². The van der Waals surface area contributed by atoms with Gasteiger partial charge in [0.1, 0.15) is 0 Å². The van der Waals surface area contributed by atoms with Gasteiger partial charge in [0.15, 0.2) is 0 Å². The molecule has 0 unspecified atom stereocenters. The Morgan fingerprint density at radius 2 is 2.14 bits per heavy atom. The monoisotopic (exact) mass is 286 g/mol. The van der Waals surface area contributed by atoms with Crippen molar-refractivity contribution in [3.63, 3.8) is 0 Å². The molecule has 0 aliphatic carbocycles. The second-order valence-corrected chi connectivity index (χ2v) is 5.42. The van der Waals surface area contributed by atoms with Crippen LogP contribution in [0.3, 0.4) is 0 Å². The number of methoxy groups -OCH3 is 1. The van der Waals surface area contributed by atoms with Gasteiger partial charge in [-0.2, -0.15) is 5.10 Å². The first-order valence-electron chi connectivity index (χ1n) is 7.30. The van der Waals surface area contributed by atoms with Crippen LogP contribution < -0.4 is 15.0 Å². The van der Waals surface area contributed by atoms with Crippen LogP contribution in [0.2, 0.25) is 0 Å². The molecule has 0 fully saturated rings. The molecule has 112 valence electrons. The Hall–Kier alpha value is -2.01. The van der Waals surface area contributed by atoms with Crippen LogP contribution >= 0.6 is 0 Å². The third-order valence-electron chi connectivity index (χ3n) is 4.04. The molecule has 0 spiro atoms. The normalized spacial score (nSPS) is 14.7. The minimum atomic E-state index is 0.821. The molecule has 1 aromatic carbocycles. The first-order valence-corrected chi connectivity index (χ1v) is 7.30. The first-order chi connectivity index (χ1) is 10.2. The van der Waals surface area contributed by atoms with E-state index in [1.54, 1.807) is 7.11 Å². The smallest absolute Gasteiger partial charge is 0.216 e. The lowest BCUT2D eigenvalue weighted by Crippen LogP contribution is -2.28. The van der Waals surface area contributed by atoms with Crippen LogP contribution in [0, 0.1) is 6.92 Å². The summed E-state index contributed by atoms with van der Waals surface area (Å²) in [5.74, 6) is 0.849. The van der Waals surface area contributed by atoms with Crippen LogP contribution in [0.4, 0.5) is 5.69 Å². The Morgan fingerprint density at radius 3 is 2.95 bits per heavy atom. The zero-order valence-corrected chi connectivity index (χ0v) is 12.9. The van der Waals surface area contributed by atoms with Gasteiger partial charge in [0.05, 0.1) is 24.9 Å². The first kappa shape index (κ1) is 13.9. The number of nitrogens with one attached hydrogen (secondary N) is 1. The number of para-hydroxylation sites is 1. The molecule has 0 bridgehead atoms. The quantitative estimate of drug-likeness (QED) is 0.935. The van der Waals surface area contributed by atoms with E-state index in [2.05, 4.69) is 39.6 Å². The number of benzene rings is 1. The topological polar surface area (TPSA) is 42.3 Å². The molecule has 5 heteroatoms. The van der Waals surface area contributed by atoms with Gasteiger partial charge < -0.3 is 15.0 Å². The zero-order chi connectivity index (χ0) is 14.8. The number of aryl methyl sites for hydroxylation is 2. The Labute approximate surface area is 125 Å². The number of nitrogens with zero attached hydrogens (tertiary/aromatic N) is 3. The van der Waals surface area contributed by atoms with Crippen molar-refractivity contribution in [3.05, 3.63) is 41.1 Å². The zero-order valence-electron chi connectivity index (χ0n) is 12.9. The molecule has 1 aliphatic rings. The maximum absolute atomic E-state index is 5.52. The summed E-state index contributed by atoms with van der Waals surface area (Å²) in [5.41, 5.74) is 4.84. The molecule has 0 amide bonds. The van der Waals surface area contributed by atoms with E-state index in [1.165, 1.54) is 11.3 Å². The highest BCUT2D eigenvalue weighted by Gasteiger charge is 2.20. The number of rotatable bonds is 3. The van der Waals surface area contributed by atoms with Crippen molar-refractivity contribution in [2.24, 2.45) is 7.05 Å². The van der Waals surface area contributed by atoms with Crippen LogP contribution in [0.15, 0.2) is 24.3 Å². The van der Waals surface area contributed by atoms with E-state index in [9.17, 15) is 0 Å². The van der Waals surface area contributed by atoms with Crippen LogP contribution in [-0.2, 0) is 20.1 Å². The standard InChI is InChI=1S/C16H22N4O/c1-12-14(16(21-3)19(2)18-12)11-20-9-8-17-10-13-6-4-5-7-15(13)20/h4-7,17H,8-11H2,1-3H3. The lowest BCUT2D eigenvalue weighted by atomic mass is 10.1. The molecule has 0 saturated heterocycles. The summed E-state index contributed by atoms with van der Waals surface area (Å²) >= 11 is 0. The van der Waals surface area contributed by atoms with Crippen molar-refractivity contribution in [1.82, 2.24) is 15.1 Å². The minimum absolute atomic E-state index is 0.821. The Morgan fingerprint density at radius 1 is 1.33 bits per heavy atom. The molecule has 1 aromatic heterocycles. The average molecular weight is 286 g/mol. The minimum Gasteiger partial charge on any atom is -0.481 e. The van der Waals surface area contributed by atoms with Gasteiger partial charge in [-0.25, -0.2) is 4.68 Å². The third kappa shape index (κ3) is 2.61. The van der Waals surface area contributed by atoms with Crippen molar-refractivity contribution in [3.8, 4) is 5.88 Å². The fraction of sp³-hybridized carbons (Fsp3) is 0.438. The second-order valence-electron chi connectivity index (χ2n) is 5.42. The van der Waals surface area contributed by atoms with E-state index < -0.39 is 0 Å². The van der Waals surface area contributed by atoms with Crippen molar-refractivity contribution in [1.29, 1.82) is 0 Å². The lowest BCUT2D eigenvalue weighted by molar-refractivity contribution is 0.369. The Bertz CT molecular complexity index is 635. The van der Waals surface area contributed by atoms with Crippen molar-refractivity contribution in [2.75, 3.05) is 25.1 Å². The van der Waals surface area contributed by atoms with Crippen LogP contribution in [0.5, 0.6) is 5.88 Å². The summed E-state index contributed by atoms with van der Waals surface area (Å²) in [5, 5.41) is 7.95. The largest absolute Gasteiger partial charge is 0.481 e. The van der Waals surface area contributed by atoms with E-state index in [0.29, 0.717) is 0 Å². The number of hydrogen-bond acceptors (Lipinski definition) is 4. The predicted molar refractivity (Wildman–Crippen MR) is 83.7 cm³/mol. The van der Waals surface area contributed by atoms with Crippen LogP contribution in [0.25, 0.3) is 0 Å². The molecular weight excluding hydrogens is 264 g/mol. The number of anilines is 1. The molecule has 2 heterocycles. The molecule has 1 aliphatic heterocycles. The fourth-order valence-electron chi connectivity index (χ4n) is 3.00. The number of aromatic nitrogens is 2. The van der Waals surface area contributed by atoms with Crippen LogP contribution in [-0.4, -0.2) is 30.0 Å². The molecule has 1 N–H and O–H groups in total. The average Bonchev–Trinajstić information content (AvgIpc) is 2.64. The van der Waals surface area contributed by atoms with E-state index in [-0.39, 0.29) is 0 Å². The summed E-state index contributed by atoms with van der Waals surface area (Å²) in [6.07, 6.45) is 0. The molecule has 5 nitrogen and oxygen atoms in total. The summed E-state index contributed by atoms with van der Waals surface area (Å²) in [6.45, 7) is 5.75. The summed E-state index contributed by atoms with van der Waals surface area (Å²) in [7, 11) is 3.63. The van der Waals surface area contributed by atoms with Gasteiger partial charge in [-0.3, -0.25) is 0 Å². The van der Waals surface area contributed by atoms with Crippen LogP contribution in [0.1, 0.15) is 16.8 Å². The van der Waals surface area contributed by atoms with Crippen molar-refractivity contribution in [2.45, 2.75) is 20.0 Å². The summed E-state index contributed by atoms with van der Waals surface area (Å²) < 4.78 is 7.33. The van der Waals surface area contributed by atoms with Crippen molar-refractivity contribution >= 4 is 5.69 Å². The number of ether oxygens (including phenoxy) is 1. The lowest BCUT2D eigenvalue weighted by Gasteiger charge is -2.24. The van der Waals surface area contributed by atoms with E-state index in [1.807, 2.05) is 18.7 Å². The molecule has 0 atom stereocenters. The highest BCUT2D eigenvalue weighted by molar-refractivity contribution is 5.55. The Balaban J connectivity index is 1.95. The summed E-state index contributed by atoms with van der Waals surface area (Å²) in [6, 6.07) is 8.58. The highest BCUT2D eigenvalue weighted by atomic mass is 16.5. The maximum Gasteiger partial charge on any atom is 0.216 e. The fourth-order valence-corrected chi connectivity index (χ4v) is 3.00. The van der Waals surface area contributed by atoms with Gasteiger partial charge in [0.2, 0.25) is 5.88 Å². The van der Waals surface area contributed by atoms with Crippen molar-refractivity contribution < 1.29 is 4.74 Å². The van der Waals surface area contributed by atoms with Gasteiger partial charge >= 0.3 is 0 Å². The molecular formula is C16H22N4O. The van der Waals surface area contributed by atoms with Gasteiger partial charge in [0, 0.05) is 32.4 Å². The Kier molecular flexibility index (Phi) is 3.84. The molecule has 2 aromatic rings.